The highest BCUT2D eigenvalue weighted by atomic mass is 16.3. The van der Waals surface area contributed by atoms with E-state index in [4.69, 9.17) is 0 Å². The molecule has 116 valence electrons. The second-order valence-electron chi connectivity index (χ2n) is 7.04. The summed E-state index contributed by atoms with van der Waals surface area (Å²) in [6.45, 7) is 9.64. The Bertz CT molecular complexity index is 677. The lowest BCUT2D eigenvalue weighted by molar-refractivity contribution is 0.0999. The van der Waals surface area contributed by atoms with Crippen LogP contribution in [0.1, 0.15) is 61.7 Å². The number of hydrogen-bond donors (Lipinski definition) is 1. The Morgan fingerprint density at radius 1 is 0.864 bits per heavy atom. The fourth-order valence-corrected chi connectivity index (χ4v) is 2.47. The van der Waals surface area contributed by atoms with Gasteiger partial charge in [-0.3, -0.25) is 4.79 Å². The van der Waals surface area contributed by atoms with Crippen molar-refractivity contribution >= 4 is 5.78 Å². The molecule has 2 aromatic carbocycles. The van der Waals surface area contributed by atoms with Gasteiger partial charge in [0.05, 0.1) is 0 Å². The highest BCUT2D eigenvalue weighted by Gasteiger charge is 2.28. The third-order valence-electron chi connectivity index (χ3n) is 4.10. The molecule has 0 aliphatic heterocycles. The van der Waals surface area contributed by atoms with Crippen molar-refractivity contribution in [3.63, 3.8) is 0 Å². The summed E-state index contributed by atoms with van der Waals surface area (Å²) in [6.07, 6.45) is 0. The van der Waals surface area contributed by atoms with Gasteiger partial charge in [0.1, 0.15) is 5.60 Å². The highest BCUT2D eigenvalue weighted by molar-refractivity contribution is 5.94. The molecule has 0 aromatic heterocycles. The van der Waals surface area contributed by atoms with Crippen LogP contribution < -0.4 is 0 Å². The van der Waals surface area contributed by atoms with Crippen molar-refractivity contribution in [2.75, 3.05) is 0 Å². The fourth-order valence-electron chi connectivity index (χ4n) is 2.47. The fraction of sp³-hybridized carbons (Fsp3) is 0.350. The van der Waals surface area contributed by atoms with Crippen LogP contribution in [-0.4, -0.2) is 10.9 Å². The quantitative estimate of drug-likeness (QED) is 0.850. The standard InChI is InChI=1S/C20H24O2/c1-14(21)15-11-17(19(2,3)4)13-18(12-15)20(5,22)16-9-7-6-8-10-16/h6-13,22H,1-5H3. The van der Waals surface area contributed by atoms with E-state index in [0.717, 1.165) is 16.7 Å². The Morgan fingerprint density at radius 3 is 1.91 bits per heavy atom. The SMILES string of the molecule is CC(=O)c1cc(C(C)(C)C)cc(C(C)(O)c2ccccc2)c1. The minimum atomic E-state index is -1.13. The second kappa shape index (κ2) is 5.69. The first kappa shape index (κ1) is 16.4. The van der Waals surface area contributed by atoms with E-state index in [9.17, 15) is 9.90 Å². The molecule has 0 aliphatic rings. The molecule has 0 saturated heterocycles. The predicted octanol–water partition coefficient (Wildman–Crippen LogP) is 4.44. The number of benzene rings is 2. The predicted molar refractivity (Wildman–Crippen MR) is 90.3 cm³/mol. The van der Waals surface area contributed by atoms with Crippen molar-refractivity contribution < 1.29 is 9.90 Å². The van der Waals surface area contributed by atoms with Crippen LogP contribution in [0, 0.1) is 0 Å². The Hall–Kier alpha value is -1.93. The molecule has 1 N–H and O–H groups in total. The molecule has 0 saturated carbocycles. The molecule has 1 atom stereocenters. The van der Waals surface area contributed by atoms with E-state index in [-0.39, 0.29) is 11.2 Å². The van der Waals surface area contributed by atoms with Crippen molar-refractivity contribution in [3.05, 3.63) is 70.8 Å². The lowest BCUT2D eigenvalue weighted by Gasteiger charge is -2.28. The van der Waals surface area contributed by atoms with Gasteiger partial charge in [0.15, 0.2) is 5.78 Å². The molecule has 2 heteroatoms. The van der Waals surface area contributed by atoms with E-state index in [0.29, 0.717) is 5.56 Å². The van der Waals surface area contributed by atoms with E-state index in [1.54, 1.807) is 19.9 Å². The van der Waals surface area contributed by atoms with Gasteiger partial charge in [-0.05, 0) is 48.1 Å². The lowest BCUT2D eigenvalue weighted by Crippen LogP contribution is -2.24. The molecule has 0 radical (unpaired) electrons. The number of aliphatic hydroxyl groups is 1. The van der Waals surface area contributed by atoms with Crippen LogP contribution in [0.15, 0.2) is 48.5 Å². The number of rotatable bonds is 3. The summed E-state index contributed by atoms with van der Waals surface area (Å²) in [6, 6.07) is 15.3. The van der Waals surface area contributed by atoms with Crippen molar-refractivity contribution in [3.8, 4) is 0 Å². The Morgan fingerprint density at radius 2 is 1.41 bits per heavy atom. The molecule has 0 heterocycles. The van der Waals surface area contributed by atoms with Crippen LogP contribution in [0.25, 0.3) is 0 Å². The van der Waals surface area contributed by atoms with Crippen LogP contribution >= 0.6 is 0 Å². The monoisotopic (exact) mass is 296 g/mol. The van der Waals surface area contributed by atoms with Gasteiger partial charge in [0.2, 0.25) is 0 Å². The topological polar surface area (TPSA) is 37.3 Å². The van der Waals surface area contributed by atoms with Gasteiger partial charge < -0.3 is 5.11 Å². The molecule has 1 unspecified atom stereocenters. The van der Waals surface area contributed by atoms with Gasteiger partial charge in [-0.25, -0.2) is 0 Å². The number of carbonyl (C=O) groups excluding carboxylic acids is 1. The summed E-state index contributed by atoms with van der Waals surface area (Å²) in [5.74, 6) is 0.0104. The Balaban J connectivity index is 2.64. The van der Waals surface area contributed by atoms with Crippen LogP contribution in [-0.2, 0) is 11.0 Å². The lowest BCUT2D eigenvalue weighted by atomic mass is 9.80. The molecular formula is C20H24O2. The van der Waals surface area contributed by atoms with Gasteiger partial charge in [0, 0.05) is 5.56 Å². The third kappa shape index (κ3) is 3.28. The average Bonchev–Trinajstić information content (AvgIpc) is 2.46. The van der Waals surface area contributed by atoms with E-state index in [1.807, 2.05) is 42.5 Å². The zero-order valence-electron chi connectivity index (χ0n) is 14.0. The summed E-state index contributed by atoms with van der Waals surface area (Å²) in [4.78, 5) is 11.9. The van der Waals surface area contributed by atoms with Crippen molar-refractivity contribution in [1.82, 2.24) is 0 Å². The summed E-state index contributed by atoms with van der Waals surface area (Å²) in [5.41, 5.74) is 2.02. The van der Waals surface area contributed by atoms with Gasteiger partial charge in [-0.2, -0.15) is 0 Å². The first-order chi connectivity index (χ1) is 10.1. The maximum absolute atomic E-state index is 11.9. The van der Waals surface area contributed by atoms with Crippen LogP contribution in [0.4, 0.5) is 0 Å². The van der Waals surface area contributed by atoms with Gasteiger partial charge >= 0.3 is 0 Å². The zero-order valence-corrected chi connectivity index (χ0v) is 14.0. The molecule has 2 nitrogen and oxygen atoms in total. The van der Waals surface area contributed by atoms with Crippen molar-refractivity contribution in [2.45, 2.75) is 45.6 Å². The average molecular weight is 296 g/mol. The molecule has 0 spiro atoms. The van der Waals surface area contributed by atoms with Crippen molar-refractivity contribution in [1.29, 1.82) is 0 Å². The van der Waals surface area contributed by atoms with Crippen LogP contribution in [0.5, 0.6) is 0 Å². The maximum Gasteiger partial charge on any atom is 0.159 e. The molecule has 0 bridgehead atoms. The summed E-state index contributed by atoms with van der Waals surface area (Å²) in [5, 5.41) is 11.0. The third-order valence-corrected chi connectivity index (χ3v) is 4.10. The first-order valence-electron chi connectivity index (χ1n) is 7.57. The first-order valence-corrected chi connectivity index (χ1v) is 7.57. The van der Waals surface area contributed by atoms with Crippen LogP contribution in [0.3, 0.4) is 0 Å². The molecule has 22 heavy (non-hydrogen) atoms. The van der Waals surface area contributed by atoms with E-state index in [2.05, 4.69) is 20.8 Å². The van der Waals surface area contributed by atoms with Gasteiger partial charge in [-0.1, -0.05) is 57.2 Å². The summed E-state index contributed by atoms with van der Waals surface area (Å²) >= 11 is 0. The molecule has 2 rings (SSSR count). The second-order valence-corrected chi connectivity index (χ2v) is 7.04. The number of Topliss-reactive ketones (excluding diaryl/α,β-unsaturated/α-hetero) is 1. The zero-order chi connectivity index (χ0) is 16.5. The molecule has 0 fully saturated rings. The minimum Gasteiger partial charge on any atom is -0.381 e. The van der Waals surface area contributed by atoms with E-state index >= 15 is 0 Å². The normalized spacial score (nSPS) is 14.5. The summed E-state index contributed by atoms with van der Waals surface area (Å²) in [7, 11) is 0. The maximum atomic E-state index is 11.9. The van der Waals surface area contributed by atoms with E-state index < -0.39 is 5.60 Å². The van der Waals surface area contributed by atoms with Crippen LogP contribution in [0.2, 0.25) is 0 Å². The van der Waals surface area contributed by atoms with Crippen molar-refractivity contribution in [2.24, 2.45) is 0 Å². The van der Waals surface area contributed by atoms with Gasteiger partial charge in [-0.15, -0.1) is 0 Å². The summed E-state index contributed by atoms with van der Waals surface area (Å²) < 4.78 is 0. The number of ketones is 1. The number of carbonyl (C=O) groups is 1. The smallest absolute Gasteiger partial charge is 0.159 e. The highest BCUT2D eigenvalue weighted by Crippen LogP contribution is 2.33. The molecule has 0 amide bonds. The minimum absolute atomic E-state index is 0.0104. The largest absolute Gasteiger partial charge is 0.381 e. The molecule has 0 aliphatic carbocycles. The molecular weight excluding hydrogens is 272 g/mol. The Labute approximate surface area is 132 Å². The number of hydrogen-bond acceptors (Lipinski definition) is 2. The van der Waals surface area contributed by atoms with E-state index in [1.165, 1.54) is 0 Å². The van der Waals surface area contributed by atoms with Gasteiger partial charge in [0.25, 0.3) is 0 Å². The Kier molecular flexibility index (Phi) is 4.25. The molecule has 2 aromatic rings.